The molecule has 3 rings (SSSR count). The van der Waals surface area contributed by atoms with Crippen molar-refractivity contribution in [2.75, 3.05) is 31.0 Å². The zero-order valence-electron chi connectivity index (χ0n) is 13.9. The first kappa shape index (κ1) is 15.7. The minimum atomic E-state index is 0.513. The van der Waals surface area contributed by atoms with Crippen LogP contribution in [0.15, 0.2) is 60.9 Å². The van der Waals surface area contributed by atoms with E-state index in [1.807, 2.05) is 55.4 Å². The molecule has 0 bridgehead atoms. The highest BCUT2D eigenvalue weighted by atomic mass is 16.5. The summed E-state index contributed by atoms with van der Waals surface area (Å²) in [6.45, 7) is 0. The summed E-state index contributed by atoms with van der Waals surface area (Å²) in [6, 6.07) is 15.9. The topological polar surface area (TPSA) is 54.4 Å². The van der Waals surface area contributed by atoms with Crippen LogP contribution in [-0.2, 0) is 0 Å². The fraction of sp³-hybridized carbons (Fsp3) is 0.167. The quantitative estimate of drug-likeness (QED) is 0.718. The summed E-state index contributed by atoms with van der Waals surface area (Å²) in [5.74, 6) is 1.31. The summed E-state index contributed by atoms with van der Waals surface area (Å²) < 4.78 is 5.24. The third kappa shape index (κ3) is 3.27. The molecule has 1 heterocycles. The Kier molecular flexibility index (Phi) is 4.56. The van der Waals surface area contributed by atoms with Crippen LogP contribution in [0.1, 0.15) is 0 Å². The van der Waals surface area contributed by atoms with E-state index < -0.39 is 0 Å². The van der Waals surface area contributed by atoms with Gasteiger partial charge >= 0.3 is 0 Å². The van der Waals surface area contributed by atoms with Crippen LogP contribution < -0.4 is 14.5 Å². The lowest BCUT2D eigenvalue weighted by molar-refractivity contribution is 0.415. The van der Waals surface area contributed by atoms with Crippen molar-refractivity contribution in [3.05, 3.63) is 60.9 Å². The molecule has 0 spiro atoms. The highest BCUT2D eigenvalue weighted by molar-refractivity contribution is 5.75. The molecule has 0 saturated heterocycles. The molecule has 6 nitrogen and oxygen atoms in total. The molecular weight excluding hydrogens is 302 g/mol. The summed E-state index contributed by atoms with van der Waals surface area (Å²) in [6.07, 6.45) is 3.20. The number of aromatic nitrogens is 3. The molecule has 0 aliphatic heterocycles. The lowest BCUT2D eigenvalue weighted by atomic mass is 10.2. The fourth-order valence-corrected chi connectivity index (χ4v) is 2.36. The van der Waals surface area contributed by atoms with E-state index in [2.05, 4.69) is 32.2 Å². The number of anilines is 4. The molecule has 0 saturated carbocycles. The Morgan fingerprint density at radius 2 is 1.62 bits per heavy atom. The molecule has 122 valence electrons. The number of benzene rings is 2. The van der Waals surface area contributed by atoms with Crippen molar-refractivity contribution in [1.29, 1.82) is 0 Å². The number of hydrogen-bond donors (Lipinski definition) is 0. The van der Waals surface area contributed by atoms with E-state index in [1.54, 1.807) is 19.5 Å². The van der Waals surface area contributed by atoms with Crippen LogP contribution in [0, 0.1) is 0 Å². The monoisotopic (exact) mass is 321 g/mol. The lowest BCUT2D eigenvalue weighted by Gasteiger charge is -2.24. The molecule has 0 aliphatic rings. The predicted molar refractivity (Wildman–Crippen MR) is 95.4 cm³/mol. The van der Waals surface area contributed by atoms with Gasteiger partial charge in [0.05, 0.1) is 25.2 Å². The summed E-state index contributed by atoms with van der Waals surface area (Å²) in [5.41, 5.74) is 2.98. The van der Waals surface area contributed by atoms with E-state index in [0.717, 1.165) is 22.8 Å². The third-order valence-electron chi connectivity index (χ3n) is 3.61. The standard InChI is InChI=1S/C18H19N5O/c1-22(2)15-5-4-6-16(13-15)23(18-19-11-12-20-21-18)14-7-9-17(24-3)10-8-14/h4-13H,1-3H3. The maximum atomic E-state index is 5.24. The molecule has 24 heavy (non-hydrogen) atoms. The van der Waals surface area contributed by atoms with Gasteiger partial charge < -0.3 is 9.64 Å². The van der Waals surface area contributed by atoms with Gasteiger partial charge in [0, 0.05) is 25.5 Å². The Labute approximate surface area is 141 Å². The average Bonchev–Trinajstić information content (AvgIpc) is 2.64. The molecule has 3 aromatic rings. The average molecular weight is 321 g/mol. The number of methoxy groups -OCH3 is 1. The third-order valence-corrected chi connectivity index (χ3v) is 3.61. The maximum Gasteiger partial charge on any atom is 0.254 e. The molecule has 0 atom stereocenters. The largest absolute Gasteiger partial charge is 0.497 e. The van der Waals surface area contributed by atoms with Crippen LogP contribution in [-0.4, -0.2) is 36.4 Å². The maximum absolute atomic E-state index is 5.24. The van der Waals surface area contributed by atoms with E-state index >= 15 is 0 Å². The first-order chi connectivity index (χ1) is 11.7. The van der Waals surface area contributed by atoms with Gasteiger partial charge in [0.25, 0.3) is 5.95 Å². The van der Waals surface area contributed by atoms with Gasteiger partial charge in [-0.15, -0.1) is 5.10 Å². The lowest BCUT2D eigenvalue weighted by Crippen LogP contribution is -2.15. The molecule has 0 amide bonds. The second-order valence-corrected chi connectivity index (χ2v) is 5.39. The van der Waals surface area contributed by atoms with E-state index in [-0.39, 0.29) is 0 Å². The van der Waals surface area contributed by atoms with Crippen molar-refractivity contribution in [3.63, 3.8) is 0 Å². The molecule has 0 fully saturated rings. The molecule has 6 heteroatoms. The van der Waals surface area contributed by atoms with Gasteiger partial charge in [-0.05, 0) is 42.5 Å². The van der Waals surface area contributed by atoms with E-state index in [0.29, 0.717) is 5.95 Å². The van der Waals surface area contributed by atoms with Crippen LogP contribution in [0.25, 0.3) is 0 Å². The van der Waals surface area contributed by atoms with Crippen molar-refractivity contribution in [2.24, 2.45) is 0 Å². The van der Waals surface area contributed by atoms with Crippen LogP contribution in [0.3, 0.4) is 0 Å². The molecule has 0 unspecified atom stereocenters. The number of hydrogen-bond acceptors (Lipinski definition) is 6. The van der Waals surface area contributed by atoms with Crippen LogP contribution >= 0.6 is 0 Å². The molecular formula is C18H19N5O. The van der Waals surface area contributed by atoms with Gasteiger partial charge in [-0.1, -0.05) is 6.07 Å². The fourth-order valence-electron chi connectivity index (χ4n) is 2.36. The highest BCUT2D eigenvalue weighted by Gasteiger charge is 2.16. The molecule has 0 aliphatic carbocycles. The van der Waals surface area contributed by atoms with Crippen LogP contribution in [0.2, 0.25) is 0 Å². The molecule has 1 aromatic heterocycles. The minimum Gasteiger partial charge on any atom is -0.497 e. The molecule has 0 radical (unpaired) electrons. The van der Waals surface area contributed by atoms with E-state index in [9.17, 15) is 0 Å². The number of rotatable bonds is 5. The zero-order valence-corrected chi connectivity index (χ0v) is 13.9. The van der Waals surface area contributed by atoms with E-state index in [1.165, 1.54) is 0 Å². The Balaban J connectivity index is 2.10. The van der Waals surface area contributed by atoms with Gasteiger partial charge in [-0.25, -0.2) is 4.98 Å². The van der Waals surface area contributed by atoms with Crippen molar-refractivity contribution in [1.82, 2.24) is 15.2 Å². The van der Waals surface area contributed by atoms with Gasteiger partial charge in [-0.3, -0.25) is 4.90 Å². The van der Waals surface area contributed by atoms with E-state index in [4.69, 9.17) is 4.74 Å². The first-order valence-corrected chi connectivity index (χ1v) is 7.54. The van der Waals surface area contributed by atoms with Crippen molar-refractivity contribution >= 4 is 23.0 Å². The Morgan fingerprint density at radius 3 is 2.25 bits per heavy atom. The summed E-state index contributed by atoms with van der Waals surface area (Å²) in [5, 5.41) is 8.13. The summed E-state index contributed by atoms with van der Waals surface area (Å²) in [7, 11) is 5.67. The molecule has 2 aromatic carbocycles. The summed E-state index contributed by atoms with van der Waals surface area (Å²) >= 11 is 0. The van der Waals surface area contributed by atoms with Gasteiger partial charge in [-0.2, -0.15) is 5.10 Å². The minimum absolute atomic E-state index is 0.513. The SMILES string of the molecule is COc1ccc(N(c2cccc(N(C)C)c2)c2nccnn2)cc1. The predicted octanol–water partition coefficient (Wildman–Crippen LogP) is 3.42. The molecule has 0 N–H and O–H groups in total. The zero-order chi connectivity index (χ0) is 16.9. The Bertz CT molecular complexity index is 790. The first-order valence-electron chi connectivity index (χ1n) is 7.54. The van der Waals surface area contributed by atoms with Crippen molar-refractivity contribution < 1.29 is 4.74 Å². The van der Waals surface area contributed by atoms with Crippen LogP contribution in [0.5, 0.6) is 5.75 Å². The van der Waals surface area contributed by atoms with Gasteiger partial charge in [0.1, 0.15) is 5.75 Å². The van der Waals surface area contributed by atoms with Gasteiger partial charge in [0.2, 0.25) is 0 Å². The second kappa shape index (κ2) is 6.95. The van der Waals surface area contributed by atoms with Crippen molar-refractivity contribution in [2.45, 2.75) is 0 Å². The second-order valence-electron chi connectivity index (χ2n) is 5.39. The Hall–Kier alpha value is -3.15. The number of ether oxygens (including phenoxy) is 1. The smallest absolute Gasteiger partial charge is 0.254 e. The van der Waals surface area contributed by atoms with Crippen LogP contribution in [0.4, 0.5) is 23.0 Å². The Morgan fingerprint density at radius 1 is 0.875 bits per heavy atom. The highest BCUT2D eigenvalue weighted by Crippen LogP contribution is 2.34. The number of nitrogens with zero attached hydrogens (tertiary/aromatic N) is 5. The van der Waals surface area contributed by atoms with Gasteiger partial charge in [0.15, 0.2) is 0 Å². The summed E-state index contributed by atoms with van der Waals surface area (Å²) in [4.78, 5) is 8.37. The normalized spacial score (nSPS) is 10.3. The van der Waals surface area contributed by atoms with Crippen molar-refractivity contribution in [3.8, 4) is 5.75 Å².